The summed E-state index contributed by atoms with van der Waals surface area (Å²) in [4.78, 5) is 24.8. The first-order chi connectivity index (χ1) is 14.2. The van der Waals surface area contributed by atoms with Gasteiger partial charge in [-0.15, -0.1) is 0 Å². The van der Waals surface area contributed by atoms with Crippen LogP contribution in [0.25, 0.3) is 0 Å². The molecule has 3 rings (SSSR count). The van der Waals surface area contributed by atoms with Crippen molar-refractivity contribution in [1.29, 1.82) is 0 Å². The van der Waals surface area contributed by atoms with Crippen LogP contribution >= 0.6 is 11.6 Å². The molecule has 1 unspecified atom stereocenters. The molecule has 2 N–H and O–H groups in total. The van der Waals surface area contributed by atoms with E-state index in [-0.39, 0.29) is 34.1 Å². The molecule has 1 aliphatic carbocycles. The first-order valence-electron chi connectivity index (χ1n) is 9.63. The lowest BCUT2D eigenvalue weighted by Gasteiger charge is -2.20. The number of halogens is 1. The van der Waals surface area contributed by atoms with Gasteiger partial charge in [0.15, 0.2) is 15.7 Å². The Labute approximate surface area is 180 Å². The van der Waals surface area contributed by atoms with E-state index in [4.69, 9.17) is 16.7 Å². The molecule has 30 heavy (non-hydrogen) atoms. The molecule has 0 spiro atoms. The van der Waals surface area contributed by atoms with Crippen molar-refractivity contribution in [3.8, 4) is 0 Å². The zero-order valence-corrected chi connectivity index (χ0v) is 18.1. The smallest absolute Gasteiger partial charge is 0.233 e. The Balaban J connectivity index is 1.86. The second-order valence-corrected chi connectivity index (χ2v) is 9.97. The Morgan fingerprint density at radius 2 is 2.17 bits per heavy atom. The molecular weight excluding hydrogens is 430 g/mol. The summed E-state index contributed by atoms with van der Waals surface area (Å²) < 4.78 is 25.2. The van der Waals surface area contributed by atoms with E-state index >= 15 is 0 Å². The van der Waals surface area contributed by atoms with E-state index in [1.165, 1.54) is 16.8 Å². The molecule has 0 saturated heterocycles. The highest BCUT2D eigenvalue weighted by Gasteiger charge is 2.30. The van der Waals surface area contributed by atoms with Gasteiger partial charge in [0.05, 0.1) is 29.0 Å². The summed E-state index contributed by atoms with van der Waals surface area (Å²) in [6.45, 7) is 0.241. The summed E-state index contributed by atoms with van der Waals surface area (Å²) in [6.07, 6.45) is 4.84. The molecule has 2 aromatic rings. The largest absolute Gasteiger partial charge is 0.394 e. The van der Waals surface area contributed by atoms with Crippen molar-refractivity contribution >= 4 is 38.9 Å². The molecule has 1 aromatic carbocycles. The van der Waals surface area contributed by atoms with Crippen LogP contribution in [0, 0.1) is 5.92 Å². The summed E-state index contributed by atoms with van der Waals surface area (Å²) in [7, 11) is -3.49. The van der Waals surface area contributed by atoms with Gasteiger partial charge in [-0.25, -0.2) is 8.42 Å². The van der Waals surface area contributed by atoms with E-state index in [1.54, 1.807) is 18.3 Å². The van der Waals surface area contributed by atoms with E-state index in [2.05, 4.69) is 10.4 Å². The van der Waals surface area contributed by atoms with Gasteiger partial charge < -0.3 is 10.4 Å². The van der Waals surface area contributed by atoms with Crippen molar-refractivity contribution in [2.45, 2.75) is 43.0 Å². The van der Waals surface area contributed by atoms with Gasteiger partial charge in [0.25, 0.3) is 0 Å². The highest BCUT2D eigenvalue weighted by Crippen LogP contribution is 2.35. The average Bonchev–Trinajstić information content (AvgIpc) is 3.27. The minimum Gasteiger partial charge on any atom is -0.394 e. The zero-order chi connectivity index (χ0) is 21.9. The lowest BCUT2D eigenvalue weighted by molar-refractivity contribution is -0.119. The molecular formula is C20H24ClN3O5S. The number of ketones is 1. The number of Topliss-reactive ketones (excluding diaryl/α,β-unsaturated/α-hetero) is 1. The molecule has 1 aromatic heterocycles. The number of nitrogens with zero attached hydrogens (tertiary/aromatic N) is 2. The van der Waals surface area contributed by atoms with Crippen LogP contribution in [0.2, 0.25) is 5.02 Å². The van der Waals surface area contributed by atoms with Crippen LogP contribution in [0.4, 0.5) is 5.82 Å². The van der Waals surface area contributed by atoms with E-state index in [0.29, 0.717) is 37.2 Å². The number of carbonyl (C=O) groups excluding carboxylic acids is 2. The van der Waals surface area contributed by atoms with E-state index in [0.717, 1.165) is 12.7 Å². The number of benzene rings is 1. The van der Waals surface area contributed by atoms with Crippen LogP contribution in [0.5, 0.6) is 0 Å². The van der Waals surface area contributed by atoms with Gasteiger partial charge in [-0.1, -0.05) is 17.7 Å². The molecule has 1 amide bonds. The number of nitrogens with one attached hydrogen (secondary N) is 1. The van der Waals surface area contributed by atoms with Gasteiger partial charge >= 0.3 is 0 Å². The third kappa shape index (κ3) is 5.47. The maximum atomic E-state index is 13.1. The Hall–Kier alpha value is -2.23. The standard InChI is InChI=1S/C20H24ClN3O5S/c1-30(28,29)18-5-3-14(12-17(18)21)16(11-13-2-4-15(26)10-13)20(27)22-19-6-7-24(23-19)8-9-25/h3,5-7,12-13,16,25H,2,4,8-11H2,1H3,(H,22,23,27)/t13-,16?/m0/s1. The number of aromatic nitrogens is 2. The molecule has 0 radical (unpaired) electrons. The van der Waals surface area contributed by atoms with Gasteiger partial charge in [0.1, 0.15) is 5.78 Å². The van der Waals surface area contributed by atoms with Crippen molar-refractivity contribution < 1.29 is 23.1 Å². The molecule has 10 heteroatoms. The predicted molar refractivity (Wildman–Crippen MR) is 112 cm³/mol. The SMILES string of the molecule is CS(=O)(=O)c1ccc(C(C[C@H]2CCC(=O)C2)C(=O)Nc2ccn(CCO)n2)cc1Cl. The number of anilines is 1. The maximum Gasteiger partial charge on any atom is 0.233 e. The number of hydrogen-bond donors (Lipinski definition) is 2. The Morgan fingerprint density at radius 1 is 1.40 bits per heavy atom. The van der Waals surface area contributed by atoms with Gasteiger partial charge in [0.2, 0.25) is 5.91 Å². The Bertz CT molecular complexity index is 1050. The van der Waals surface area contributed by atoms with Gasteiger partial charge in [-0.2, -0.15) is 5.10 Å². The van der Waals surface area contributed by atoms with Gasteiger partial charge in [-0.3, -0.25) is 14.3 Å². The normalized spacial score (nSPS) is 17.8. The zero-order valence-electron chi connectivity index (χ0n) is 16.5. The first kappa shape index (κ1) is 22.5. The molecule has 8 nitrogen and oxygen atoms in total. The third-order valence-corrected chi connectivity index (χ3v) is 6.79. The van der Waals surface area contributed by atoms with Crippen LogP contribution in [0.15, 0.2) is 35.4 Å². The third-order valence-electron chi connectivity index (χ3n) is 5.21. The van der Waals surface area contributed by atoms with Crippen molar-refractivity contribution in [3.05, 3.63) is 41.0 Å². The number of aliphatic hydroxyl groups is 1. The minimum atomic E-state index is -3.49. The predicted octanol–water partition coefficient (Wildman–Crippen LogP) is 2.41. The number of sulfone groups is 1. The number of amides is 1. The topological polar surface area (TPSA) is 118 Å². The number of hydrogen-bond acceptors (Lipinski definition) is 6. The minimum absolute atomic E-state index is 0.00543. The molecule has 162 valence electrons. The second-order valence-electron chi connectivity index (χ2n) is 7.57. The van der Waals surface area contributed by atoms with Crippen molar-refractivity contribution in [2.24, 2.45) is 5.92 Å². The molecule has 1 saturated carbocycles. The molecule has 0 bridgehead atoms. The summed E-state index contributed by atoms with van der Waals surface area (Å²) in [5.74, 6) is -0.317. The fourth-order valence-corrected chi connectivity index (χ4v) is 5.06. The van der Waals surface area contributed by atoms with Gasteiger partial charge in [0, 0.05) is 31.4 Å². The quantitative estimate of drug-likeness (QED) is 0.633. The van der Waals surface area contributed by atoms with Crippen molar-refractivity contribution in [1.82, 2.24) is 9.78 Å². The molecule has 0 aliphatic heterocycles. The van der Waals surface area contributed by atoms with Crippen LogP contribution in [-0.4, -0.2) is 47.9 Å². The number of rotatable bonds is 8. The van der Waals surface area contributed by atoms with Crippen LogP contribution in [-0.2, 0) is 26.0 Å². The van der Waals surface area contributed by atoms with Crippen LogP contribution < -0.4 is 5.32 Å². The maximum absolute atomic E-state index is 13.1. The lowest BCUT2D eigenvalue weighted by atomic mass is 9.87. The number of carbonyl (C=O) groups is 2. The van der Waals surface area contributed by atoms with Crippen molar-refractivity contribution in [3.63, 3.8) is 0 Å². The highest BCUT2D eigenvalue weighted by atomic mass is 35.5. The molecule has 2 atom stereocenters. The molecule has 1 aliphatic rings. The first-order valence-corrected chi connectivity index (χ1v) is 11.9. The molecule has 1 fully saturated rings. The van der Waals surface area contributed by atoms with E-state index in [1.807, 2.05) is 0 Å². The summed E-state index contributed by atoms with van der Waals surface area (Å²) in [5, 5.41) is 16.0. The van der Waals surface area contributed by atoms with E-state index < -0.39 is 15.8 Å². The Kier molecular flexibility index (Phi) is 6.95. The summed E-state index contributed by atoms with van der Waals surface area (Å²) in [6, 6.07) is 6.13. The average molecular weight is 454 g/mol. The van der Waals surface area contributed by atoms with Crippen LogP contribution in [0.1, 0.15) is 37.2 Å². The monoisotopic (exact) mass is 453 g/mol. The van der Waals surface area contributed by atoms with Crippen molar-refractivity contribution in [2.75, 3.05) is 18.2 Å². The Morgan fingerprint density at radius 3 is 2.77 bits per heavy atom. The summed E-state index contributed by atoms with van der Waals surface area (Å²) in [5.41, 5.74) is 0.582. The van der Waals surface area contributed by atoms with Gasteiger partial charge in [-0.05, 0) is 36.5 Å². The number of aliphatic hydroxyl groups excluding tert-OH is 1. The van der Waals surface area contributed by atoms with E-state index in [9.17, 15) is 18.0 Å². The fourth-order valence-electron chi connectivity index (χ4n) is 3.72. The van der Waals surface area contributed by atoms with Crippen LogP contribution in [0.3, 0.4) is 0 Å². The highest BCUT2D eigenvalue weighted by molar-refractivity contribution is 7.90. The summed E-state index contributed by atoms with van der Waals surface area (Å²) >= 11 is 6.20. The fraction of sp³-hybridized carbons (Fsp3) is 0.450. The molecule has 1 heterocycles. The second kappa shape index (κ2) is 9.28. The lowest BCUT2D eigenvalue weighted by Crippen LogP contribution is -2.24.